The number of nitrogens with zero attached hydrogens (tertiary/aromatic N) is 4. The fraction of sp³-hybridized carbons (Fsp3) is 0.684. The van der Waals surface area contributed by atoms with Crippen LogP contribution in [0.3, 0.4) is 0 Å². The first-order chi connectivity index (χ1) is 12.7. The zero-order chi connectivity index (χ0) is 18.1. The number of hydrogen-bond donors (Lipinski definition) is 1. The molecule has 3 aliphatic rings. The molecule has 4 rings (SSSR count). The Morgan fingerprint density at radius 1 is 1.42 bits per heavy atom. The van der Waals surface area contributed by atoms with Crippen molar-refractivity contribution in [1.29, 1.82) is 0 Å². The molecule has 0 aromatic carbocycles. The average Bonchev–Trinajstić information content (AvgIpc) is 3.08. The van der Waals surface area contributed by atoms with E-state index in [9.17, 15) is 9.59 Å². The van der Waals surface area contributed by atoms with Crippen LogP contribution in [0.25, 0.3) is 0 Å². The molecule has 4 heterocycles. The standard InChI is InChI=1S/C19H27N5O2/c1-2-23-11-14(8-17(23)25)19(26)24-7-5-16-15(12-24)10-21-18(22-16)13-4-3-6-20-9-13/h10,13-14,20H,2-9,11-12H2,1H3. The lowest BCUT2D eigenvalue weighted by molar-refractivity contribution is -0.136. The molecule has 0 saturated carbocycles. The van der Waals surface area contributed by atoms with Crippen molar-refractivity contribution < 1.29 is 9.59 Å². The van der Waals surface area contributed by atoms with Crippen LogP contribution in [0.2, 0.25) is 0 Å². The molecule has 1 aromatic heterocycles. The van der Waals surface area contributed by atoms with Crippen LogP contribution in [0.1, 0.15) is 49.2 Å². The molecule has 0 radical (unpaired) electrons. The molecule has 2 atom stereocenters. The van der Waals surface area contributed by atoms with Gasteiger partial charge < -0.3 is 15.1 Å². The van der Waals surface area contributed by atoms with E-state index < -0.39 is 0 Å². The van der Waals surface area contributed by atoms with E-state index >= 15 is 0 Å². The molecule has 7 heteroatoms. The van der Waals surface area contributed by atoms with Crippen molar-refractivity contribution in [3.63, 3.8) is 0 Å². The minimum absolute atomic E-state index is 0.0947. The van der Waals surface area contributed by atoms with Gasteiger partial charge in [0.2, 0.25) is 11.8 Å². The van der Waals surface area contributed by atoms with Gasteiger partial charge in [0, 0.05) is 63.2 Å². The molecule has 0 spiro atoms. The third kappa shape index (κ3) is 3.32. The van der Waals surface area contributed by atoms with Crippen LogP contribution in [-0.2, 0) is 22.6 Å². The second-order valence-corrected chi connectivity index (χ2v) is 7.59. The summed E-state index contributed by atoms with van der Waals surface area (Å²) in [5.41, 5.74) is 2.14. The highest BCUT2D eigenvalue weighted by Crippen LogP contribution is 2.26. The molecule has 7 nitrogen and oxygen atoms in total. The molecule has 3 aliphatic heterocycles. The molecular formula is C19H27N5O2. The number of rotatable bonds is 3. The molecular weight excluding hydrogens is 330 g/mol. The van der Waals surface area contributed by atoms with Crippen LogP contribution < -0.4 is 5.32 Å². The molecule has 0 aliphatic carbocycles. The number of amides is 2. The Labute approximate surface area is 154 Å². The van der Waals surface area contributed by atoms with Crippen molar-refractivity contribution in [2.45, 2.75) is 45.1 Å². The number of nitrogens with one attached hydrogen (secondary N) is 1. The fourth-order valence-corrected chi connectivity index (χ4v) is 4.29. The smallest absolute Gasteiger partial charge is 0.228 e. The van der Waals surface area contributed by atoms with E-state index in [0.29, 0.717) is 38.5 Å². The minimum Gasteiger partial charge on any atom is -0.342 e. The molecule has 140 valence electrons. The Morgan fingerprint density at radius 2 is 2.31 bits per heavy atom. The van der Waals surface area contributed by atoms with Gasteiger partial charge in [-0.15, -0.1) is 0 Å². The first-order valence-corrected chi connectivity index (χ1v) is 9.77. The molecule has 1 aromatic rings. The SMILES string of the molecule is CCN1CC(C(=O)N2CCc3nc(C4CCCNC4)ncc3C2)CC1=O. The minimum atomic E-state index is -0.197. The number of piperidine rings is 1. The van der Waals surface area contributed by atoms with Gasteiger partial charge >= 0.3 is 0 Å². The summed E-state index contributed by atoms with van der Waals surface area (Å²) in [6.45, 7) is 6.47. The summed E-state index contributed by atoms with van der Waals surface area (Å²) in [6, 6.07) is 0. The highest BCUT2D eigenvalue weighted by molar-refractivity contribution is 5.89. The Balaban J connectivity index is 1.43. The summed E-state index contributed by atoms with van der Waals surface area (Å²) in [4.78, 5) is 37.8. The van der Waals surface area contributed by atoms with Gasteiger partial charge in [0.25, 0.3) is 0 Å². The van der Waals surface area contributed by atoms with Crippen molar-refractivity contribution in [1.82, 2.24) is 25.1 Å². The van der Waals surface area contributed by atoms with E-state index in [4.69, 9.17) is 4.98 Å². The number of carbonyl (C=O) groups is 2. The molecule has 2 amide bonds. The topological polar surface area (TPSA) is 78.4 Å². The third-order valence-electron chi connectivity index (χ3n) is 5.87. The van der Waals surface area contributed by atoms with Gasteiger partial charge in [0.15, 0.2) is 0 Å². The van der Waals surface area contributed by atoms with Gasteiger partial charge in [-0.2, -0.15) is 0 Å². The van der Waals surface area contributed by atoms with E-state index in [2.05, 4.69) is 10.3 Å². The maximum atomic E-state index is 12.8. The molecule has 26 heavy (non-hydrogen) atoms. The van der Waals surface area contributed by atoms with E-state index in [-0.39, 0.29) is 17.7 Å². The van der Waals surface area contributed by atoms with Crippen LogP contribution in [0.15, 0.2) is 6.20 Å². The van der Waals surface area contributed by atoms with Crippen LogP contribution >= 0.6 is 0 Å². The summed E-state index contributed by atoms with van der Waals surface area (Å²) < 4.78 is 0. The first-order valence-electron chi connectivity index (χ1n) is 9.77. The largest absolute Gasteiger partial charge is 0.342 e. The van der Waals surface area contributed by atoms with Gasteiger partial charge in [-0.3, -0.25) is 9.59 Å². The zero-order valence-corrected chi connectivity index (χ0v) is 15.4. The van der Waals surface area contributed by atoms with Gasteiger partial charge in [-0.1, -0.05) is 0 Å². The summed E-state index contributed by atoms with van der Waals surface area (Å²) in [5.74, 6) is 1.34. The first kappa shape index (κ1) is 17.4. The number of aromatic nitrogens is 2. The number of hydrogen-bond acceptors (Lipinski definition) is 5. The summed E-state index contributed by atoms with van der Waals surface area (Å²) in [6.07, 6.45) is 5.33. The normalized spacial score (nSPS) is 26.1. The van der Waals surface area contributed by atoms with Crippen molar-refractivity contribution in [3.05, 3.63) is 23.3 Å². The molecule has 2 saturated heterocycles. The molecule has 1 N–H and O–H groups in total. The Hall–Kier alpha value is -2.02. The predicted octanol–water partition coefficient (Wildman–Crippen LogP) is 0.697. The van der Waals surface area contributed by atoms with Crippen molar-refractivity contribution in [2.24, 2.45) is 5.92 Å². The fourth-order valence-electron chi connectivity index (χ4n) is 4.29. The second kappa shape index (κ2) is 7.31. The maximum absolute atomic E-state index is 12.8. The van der Waals surface area contributed by atoms with Crippen molar-refractivity contribution >= 4 is 11.8 Å². The lowest BCUT2D eigenvalue weighted by atomic mass is 9.97. The van der Waals surface area contributed by atoms with Crippen LogP contribution in [0.5, 0.6) is 0 Å². The van der Waals surface area contributed by atoms with Crippen LogP contribution in [0, 0.1) is 5.92 Å². The number of fused-ring (bicyclic) bond motifs is 1. The van der Waals surface area contributed by atoms with Gasteiger partial charge in [-0.05, 0) is 26.3 Å². The number of likely N-dealkylation sites (tertiary alicyclic amines) is 1. The van der Waals surface area contributed by atoms with Gasteiger partial charge in [0.1, 0.15) is 5.82 Å². The van der Waals surface area contributed by atoms with Gasteiger partial charge in [-0.25, -0.2) is 9.97 Å². The van der Waals surface area contributed by atoms with E-state index in [0.717, 1.165) is 43.0 Å². The lowest BCUT2D eigenvalue weighted by Crippen LogP contribution is -2.41. The lowest BCUT2D eigenvalue weighted by Gasteiger charge is -2.31. The second-order valence-electron chi connectivity index (χ2n) is 7.59. The van der Waals surface area contributed by atoms with Gasteiger partial charge in [0.05, 0.1) is 11.6 Å². The van der Waals surface area contributed by atoms with Crippen molar-refractivity contribution in [3.8, 4) is 0 Å². The Morgan fingerprint density at radius 3 is 3.04 bits per heavy atom. The van der Waals surface area contributed by atoms with Crippen LogP contribution in [0.4, 0.5) is 0 Å². The predicted molar refractivity (Wildman–Crippen MR) is 96.4 cm³/mol. The zero-order valence-electron chi connectivity index (χ0n) is 15.4. The monoisotopic (exact) mass is 357 g/mol. The molecule has 2 fully saturated rings. The highest BCUT2D eigenvalue weighted by atomic mass is 16.2. The van der Waals surface area contributed by atoms with E-state index in [1.165, 1.54) is 6.42 Å². The van der Waals surface area contributed by atoms with E-state index in [1.54, 1.807) is 4.90 Å². The molecule has 2 unspecified atom stereocenters. The highest BCUT2D eigenvalue weighted by Gasteiger charge is 2.36. The van der Waals surface area contributed by atoms with Crippen molar-refractivity contribution in [2.75, 3.05) is 32.7 Å². The Bertz CT molecular complexity index is 701. The summed E-state index contributed by atoms with van der Waals surface area (Å²) >= 11 is 0. The third-order valence-corrected chi connectivity index (χ3v) is 5.87. The average molecular weight is 357 g/mol. The Kier molecular flexibility index (Phi) is 4.89. The maximum Gasteiger partial charge on any atom is 0.228 e. The summed E-state index contributed by atoms with van der Waals surface area (Å²) in [5, 5.41) is 3.41. The molecule has 0 bridgehead atoms. The quantitative estimate of drug-likeness (QED) is 0.861. The number of carbonyl (C=O) groups excluding carboxylic acids is 2. The van der Waals surface area contributed by atoms with Crippen LogP contribution in [-0.4, -0.2) is 64.3 Å². The summed E-state index contributed by atoms with van der Waals surface area (Å²) in [7, 11) is 0. The van der Waals surface area contributed by atoms with E-state index in [1.807, 2.05) is 18.0 Å².